The van der Waals surface area contributed by atoms with Crippen molar-refractivity contribution in [2.45, 2.75) is 76.3 Å². The minimum Gasteiger partial charge on any atom is -0.507 e. The first-order valence-electron chi connectivity index (χ1n) is 15.3. The van der Waals surface area contributed by atoms with Crippen molar-refractivity contribution >= 4 is 23.0 Å². The number of methoxy groups -OCH3 is 1. The standard InChI is InChI=1S/C35H37N3O9/c1-16(19-9-6-5-7-10-19)37-38-18(3)35(44)14-21-27(24(15-35)47-25-13-22(36)30(39)17(2)46-25)34(43)29-28(32(21)41)31(40)20-11-8-12-23(45-4)26(20)33(29)42/h5-12,17,22,24-25,30,39,41,43-44H,13-15,36H2,1-4H3/b37-16-,38-18-/t17?,22?,24-,25?,30?,35-/m0/s1. The van der Waals surface area contributed by atoms with Crippen molar-refractivity contribution in [3.05, 3.63) is 87.5 Å². The molecular weight excluding hydrogens is 606 g/mol. The Bertz CT molecular complexity index is 1810. The molecule has 0 aromatic heterocycles. The molecule has 1 saturated heterocycles. The van der Waals surface area contributed by atoms with Gasteiger partial charge in [0.2, 0.25) is 5.78 Å². The van der Waals surface area contributed by atoms with Crippen molar-refractivity contribution in [2.75, 3.05) is 7.11 Å². The molecule has 0 bridgehead atoms. The van der Waals surface area contributed by atoms with E-state index in [2.05, 4.69) is 10.2 Å². The summed E-state index contributed by atoms with van der Waals surface area (Å²) in [6, 6.07) is 13.2. The van der Waals surface area contributed by atoms with Crippen LogP contribution in [0.5, 0.6) is 17.2 Å². The molecule has 1 aliphatic heterocycles. The van der Waals surface area contributed by atoms with Crippen LogP contribution in [0.1, 0.15) is 88.3 Å². The summed E-state index contributed by atoms with van der Waals surface area (Å²) in [5, 5.41) is 54.7. The number of aliphatic hydroxyl groups excluding tert-OH is 1. The number of hydrogen-bond donors (Lipinski definition) is 5. The number of aliphatic hydroxyl groups is 2. The summed E-state index contributed by atoms with van der Waals surface area (Å²) < 4.78 is 17.6. The second-order valence-electron chi connectivity index (χ2n) is 12.3. The maximum Gasteiger partial charge on any atom is 0.202 e. The third-order valence-corrected chi connectivity index (χ3v) is 9.36. The Morgan fingerprint density at radius 3 is 2.36 bits per heavy atom. The number of hydrogen-bond acceptors (Lipinski definition) is 12. The molecule has 0 spiro atoms. The lowest BCUT2D eigenvalue weighted by atomic mass is 9.72. The molecular formula is C35H37N3O9. The number of nitrogens with two attached hydrogens (primary N) is 1. The van der Waals surface area contributed by atoms with Crippen LogP contribution in [0.25, 0.3) is 0 Å². The zero-order valence-electron chi connectivity index (χ0n) is 26.4. The highest BCUT2D eigenvalue weighted by Crippen LogP contribution is 2.52. The number of fused-ring (bicyclic) bond motifs is 3. The maximum absolute atomic E-state index is 13.9. The first-order valence-corrected chi connectivity index (χ1v) is 15.3. The Labute approximate surface area is 271 Å². The van der Waals surface area contributed by atoms with Crippen LogP contribution in [0.4, 0.5) is 0 Å². The number of ether oxygens (including phenoxy) is 3. The predicted molar refractivity (Wildman–Crippen MR) is 171 cm³/mol. The van der Waals surface area contributed by atoms with Gasteiger partial charge < -0.3 is 40.4 Å². The zero-order chi connectivity index (χ0) is 33.8. The van der Waals surface area contributed by atoms with Gasteiger partial charge in [0.05, 0.1) is 53.5 Å². The number of phenolic OH excluding ortho intramolecular Hbond substituents is 2. The molecule has 6 rings (SSSR count). The van der Waals surface area contributed by atoms with E-state index >= 15 is 0 Å². The molecule has 0 radical (unpaired) electrons. The minimum atomic E-state index is -1.78. The lowest BCUT2D eigenvalue weighted by Gasteiger charge is -2.42. The van der Waals surface area contributed by atoms with E-state index in [1.165, 1.54) is 19.2 Å². The number of carbonyl (C=O) groups is 2. The van der Waals surface area contributed by atoms with Gasteiger partial charge >= 0.3 is 0 Å². The van der Waals surface area contributed by atoms with Crippen LogP contribution in [0.15, 0.2) is 58.7 Å². The van der Waals surface area contributed by atoms with Crippen LogP contribution >= 0.6 is 0 Å². The topological polar surface area (TPSA) is 193 Å². The summed E-state index contributed by atoms with van der Waals surface area (Å²) >= 11 is 0. The predicted octanol–water partition coefficient (Wildman–Crippen LogP) is 3.33. The first kappa shape index (κ1) is 32.5. The van der Waals surface area contributed by atoms with Crippen LogP contribution in [-0.4, -0.2) is 80.7 Å². The van der Waals surface area contributed by atoms with Gasteiger partial charge in [-0.3, -0.25) is 9.59 Å². The van der Waals surface area contributed by atoms with Crippen molar-refractivity contribution < 1.29 is 44.2 Å². The van der Waals surface area contributed by atoms with E-state index in [9.17, 15) is 30.0 Å². The van der Waals surface area contributed by atoms with Gasteiger partial charge in [0.15, 0.2) is 12.1 Å². The summed E-state index contributed by atoms with van der Waals surface area (Å²) in [5.41, 5.74) is 5.24. The van der Waals surface area contributed by atoms with Gasteiger partial charge in [-0.2, -0.15) is 10.2 Å². The third kappa shape index (κ3) is 5.51. The van der Waals surface area contributed by atoms with Crippen molar-refractivity contribution in [1.82, 2.24) is 0 Å². The van der Waals surface area contributed by atoms with E-state index in [0.29, 0.717) is 5.71 Å². The van der Waals surface area contributed by atoms with Gasteiger partial charge in [-0.05, 0) is 32.4 Å². The lowest BCUT2D eigenvalue weighted by Crippen LogP contribution is -2.52. The van der Waals surface area contributed by atoms with E-state index in [-0.39, 0.29) is 64.1 Å². The lowest BCUT2D eigenvalue weighted by molar-refractivity contribution is -0.245. The van der Waals surface area contributed by atoms with Gasteiger partial charge in [0.25, 0.3) is 0 Å². The average molecular weight is 644 g/mol. The van der Waals surface area contributed by atoms with E-state index < -0.39 is 59.3 Å². The van der Waals surface area contributed by atoms with E-state index in [4.69, 9.17) is 19.9 Å². The second kappa shape index (κ2) is 12.3. The van der Waals surface area contributed by atoms with Crippen molar-refractivity contribution in [3.8, 4) is 17.2 Å². The van der Waals surface area contributed by atoms with Crippen LogP contribution in [0.3, 0.4) is 0 Å². The number of ketones is 2. The molecule has 1 fully saturated rings. The zero-order valence-corrected chi connectivity index (χ0v) is 26.4. The van der Waals surface area contributed by atoms with Gasteiger partial charge in [0.1, 0.15) is 22.8 Å². The monoisotopic (exact) mass is 643 g/mol. The largest absolute Gasteiger partial charge is 0.507 e. The SMILES string of the molecule is COc1cccc2c1C(=O)c1c(O)c3c(c(O)c1C2=O)C[C@@](O)(/C(C)=N\N=C(\C)c1ccccc1)C[C@@H]3OC1CC(N)C(O)C(C)O1. The Morgan fingerprint density at radius 1 is 0.979 bits per heavy atom. The highest BCUT2D eigenvalue weighted by Gasteiger charge is 2.49. The summed E-state index contributed by atoms with van der Waals surface area (Å²) in [7, 11) is 1.36. The summed E-state index contributed by atoms with van der Waals surface area (Å²) in [6.45, 7) is 5.01. The molecule has 246 valence electrons. The number of carbonyl (C=O) groups excluding carboxylic acids is 2. The smallest absolute Gasteiger partial charge is 0.202 e. The molecule has 12 nitrogen and oxygen atoms in total. The molecule has 3 aromatic carbocycles. The Kier molecular flexibility index (Phi) is 8.49. The molecule has 3 aliphatic rings. The van der Waals surface area contributed by atoms with Gasteiger partial charge in [-0.15, -0.1) is 0 Å². The molecule has 6 atom stereocenters. The fourth-order valence-electron chi connectivity index (χ4n) is 6.65. The summed E-state index contributed by atoms with van der Waals surface area (Å²) in [6.07, 6.45) is -4.15. The third-order valence-electron chi connectivity index (χ3n) is 9.36. The van der Waals surface area contributed by atoms with Gasteiger partial charge in [-0.1, -0.05) is 42.5 Å². The Morgan fingerprint density at radius 2 is 1.68 bits per heavy atom. The van der Waals surface area contributed by atoms with E-state index in [0.717, 1.165) is 5.56 Å². The summed E-state index contributed by atoms with van der Waals surface area (Å²) in [5.74, 6) is -2.38. The fourth-order valence-corrected chi connectivity index (χ4v) is 6.65. The minimum absolute atomic E-state index is 0.0102. The Hall–Kier alpha value is -4.46. The van der Waals surface area contributed by atoms with Crippen molar-refractivity contribution in [2.24, 2.45) is 15.9 Å². The molecule has 2 aliphatic carbocycles. The van der Waals surface area contributed by atoms with E-state index in [1.54, 1.807) is 26.8 Å². The van der Waals surface area contributed by atoms with E-state index in [1.807, 2.05) is 30.3 Å². The summed E-state index contributed by atoms with van der Waals surface area (Å²) in [4.78, 5) is 27.7. The second-order valence-corrected chi connectivity index (χ2v) is 12.3. The molecule has 4 unspecified atom stereocenters. The van der Waals surface area contributed by atoms with Crippen LogP contribution in [0.2, 0.25) is 0 Å². The normalized spacial score (nSPS) is 27.6. The molecule has 6 N–H and O–H groups in total. The molecule has 0 saturated carbocycles. The first-order chi connectivity index (χ1) is 22.4. The van der Waals surface area contributed by atoms with Crippen LogP contribution in [0, 0.1) is 0 Å². The average Bonchev–Trinajstić information content (AvgIpc) is 3.06. The fraction of sp³-hybridized carbons (Fsp3) is 0.371. The highest BCUT2D eigenvalue weighted by atomic mass is 16.7. The van der Waals surface area contributed by atoms with Crippen molar-refractivity contribution in [3.63, 3.8) is 0 Å². The Balaban J connectivity index is 1.48. The van der Waals surface area contributed by atoms with Gasteiger partial charge in [-0.25, -0.2) is 0 Å². The number of phenols is 2. The van der Waals surface area contributed by atoms with Crippen molar-refractivity contribution in [1.29, 1.82) is 0 Å². The molecule has 12 heteroatoms. The van der Waals surface area contributed by atoms with Crippen LogP contribution < -0.4 is 10.5 Å². The van der Waals surface area contributed by atoms with Gasteiger partial charge in [0, 0.05) is 42.0 Å². The number of nitrogens with zero attached hydrogens (tertiary/aromatic N) is 2. The number of rotatable bonds is 6. The number of aromatic hydroxyl groups is 2. The maximum atomic E-state index is 13.9. The quantitative estimate of drug-likeness (QED) is 0.118. The molecule has 0 amide bonds. The molecule has 3 aromatic rings. The number of benzene rings is 3. The highest BCUT2D eigenvalue weighted by molar-refractivity contribution is 6.31. The van der Waals surface area contributed by atoms with Crippen LogP contribution in [-0.2, 0) is 15.9 Å². The molecule has 1 heterocycles. The molecule has 47 heavy (non-hydrogen) atoms.